The Morgan fingerprint density at radius 3 is 2.18 bits per heavy atom. The van der Waals surface area contributed by atoms with Crippen molar-refractivity contribution in [2.24, 2.45) is 0 Å². The van der Waals surface area contributed by atoms with Gasteiger partial charge in [-0.1, -0.05) is 57.7 Å². The Hall–Kier alpha value is -1.29. The summed E-state index contributed by atoms with van der Waals surface area (Å²) < 4.78 is 0. The molecule has 2 rings (SSSR count). The zero-order valence-electron chi connectivity index (χ0n) is 14.1. The normalized spacial score (nSPS) is 18.6. The van der Waals surface area contributed by atoms with Crippen molar-refractivity contribution in [2.45, 2.75) is 58.1 Å². The Morgan fingerprint density at radius 2 is 1.73 bits per heavy atom. The van der Waals surface area contributed by atoms with Crippen molar-refractivity contribution < 1.29 is 9.59 Å². The molecule has 1 aromatic carbocycles. The van der Waals surface area contributed by atoms with Crippen molar-refractivity contribution in [3.63, 3.8) is 0 Å². The molecule has 4 heteroatoms. The van der Waals surface area contributed by atoms with E-state index in [1.807, 2.05) is 4.90 Å². The van der Waals surface area contributed by atoms with Gasteiger partial charge in [0, 0.05) is 25.1 Å². The minimum Gasteiger partial charge on any atom is -0.311 e. The summed E-state index contributed by atoms with van der Waals surface area (Å²) in [7, 11) is 0. The molecule has 0 aromatic heterocycles. The highest BCUT2D eigenvalue weighted by atomic mass is 32.2. The van der Waals surface area contributed by atoms with Crippen LogP contribution in [-0.2, 0) is 9.59 Å². The third kappa shape index (κ3) is 3.54. The maximum absolute atomic E-state index is 12.5. The van der Waals surface area contributed by atoms with Crippen LogP contribution in [0.5, 0.6) is 0 Å². The summed E-state index contributed by atoms with van der Waals surface area (Å²) in [4.78, 5) is 25.8. The minimum atomic E-state index is 0.0743. The first-order valence-corrected chi connectivity index (χ1v) is 8.79. The number of nitrogens with zero attached hydrogens (tertiary/aromatic N) is 1. The van der Waals surface area contributed by atoms with Crippen LogP contribution in [0.25, 0.3) is 0 Å². The smallest absolute Gasteiger partial charge is 0.228 e. The van der Waals surface area contributed by atoms with Crippen molar-refractivity contribution >= 4 is 28.5 Å². The molecule has 22 heavy (non-hydrogen) atoms. The fourth-order valence-electron chi connectivity index (χ4n) is 3.03. The van der Waals surface area contributed by atoms with E-state index >= 15 is 0 Å². The molecule has 3 nitrogen and oxygen atoms in total. The lowest BCUT2D eigenvalue weighted by atomic mass is 9.92. The lowest BCUT2D eigenvalue weighted by molar-refractivity contribution is -0.117. The number of para-hydroxylation sites is 1. The second-order valence-electron chi connectivity index (χ2n) is 6.53. The first-order valence-electron chi connectivity index (χ1n) is 7.91. The first-order chi connectivity index (χ1) is 10.3. The van der Waals surface area contributed by atoms with E-state index < -0.39 is 0 Å². The van der Waals surface area contributed by atoms with Gasteiger partial charge in [-0.3, -0.25) is 9.59 Å². The number of hydrogen-bond donors (Lipinski definition) is 0. The highest BCUT2D eigenvalue weighted by molar-refractivity contribution is 8.14. The molecule has 1 atom stereocenters. The average Bonchev–Trinajstić information content (AvgIpc) is 2.77. The van der Waals surface area contributed by atoms with Gasteiger partial charge in [0.2, 0.25) is 5.91 Å². The van der Waals surface area contributed by atoms with Crippen LogP contribution >= 0.6 is 11.8 Å². The van der Waals surface area contributed by atoms with Crippen LogP contribution in [0.15, 0.2) is 18.2 Å². The summed E-state index contributed by atoms with van der Waals surface area (Å²) >= 11 is 1.29. The molecular weight excluding hydrogens is 294 g/mol. The maximum Gasteiger partial charge on any atom is 0.228 e. The van der Waals surface area contributed by atoms with Gasteiger partial charge in [0.05, 0.1) is 5.69 Å². The number of carbonyl (C=O) groups excluding carboxylic acids is 2. The van der Waals surface area contributed by atoms with Gasteiger partial charge >= 0.3 is 0 Å². The molecule has 0 bridgehead atoms. The van der Waals surface area contributed by atoms with E-state index in [9.17, 15) is 9.59 Å². The zero-order chi connectivity index (χ0) is 16.4. The predicted octanol–water partition coefficient (Wildman–Crippen LogP) is 4.32. The van der Waals surface area contributed by atoms with Crippen molar-refractivity contribution in [1.29, 1.82) is 0 Å². The molecule has 1 saturated heterocycles. The van der Waals surface area contributed by atoms with Crippen molar-refractivity contribution in [1.82, 2.24) is 0 Å². The van der Waals surface area contributed by atoms with E-state index in [1.54, 1.807) is 6.92 Å². The summed E-state index contributed by atoms with van der Waals surface area (Å²) in [6, 6.07) is 6.31. The molecule has 120 valence electrons. The van der Waals surface area contributed by atoms with Gasteiger partial charge < -0.3 is 4.90 Å². The maximum atomic E-state index is 12.5. The Labute approximate surface area is 137 Å². The number of anilines is 1. The van der Waals surface area contributed by atoms with Crippen LogP contribution in [-0.4, -0.2) is 22.8 Å². The molecule has 0 spiro atoms. The standard InChI is InChI=1S/C18H25NO2S/c1-11(2)15-7-6-8-16(12(3)4)18(15)19-10-14(9-17(19)21)22-13(5)20/h6-8,11-12,14H,9-10H2,1-5H3. The van der Waals surface area contributed by atoms with Crippen LogP contribution in [0.4, 0.5) is 5.69 Å². The Kier molecular flexibility index (Phi) is 5.32. The van der Waals surface area contributed by atoms with E-state index in [2.05, 4.69) is 45.9 Å². The Morgan fingerprint density at radius 1 is 1.18 bits per heavy atom. The van der Waals surface area contributed by atoms with Crippen LogP contribution in [0.2, 0.25) is 0 Å². The predicted molar refractivity (Wildman–Crippen MR) is 93.7 cm³/mol. The number of rotatable bonds is 4. The first kappa shape index (κ1) is 17.1. The minimum absolute atomic E-state index is 0.0743. The summed E-state index contributed by atoms with van der Waals surface area (Å²) in [6.45, 7) is 10.8. The number of amides is 1. The molecular formula is C18H25NO2S. The van der Waals surface area contributed by atoms with Gasteiger partial charge in [0.15, 0.2) is 5.12 Å². The fourth-order valence-corrected chi connectivity index (χ4v) is 3.95. The van der Waals surface area contributed by atoms with Gasteiger partial charge in [-0.05, 0) is 23.0 Å². The molecule has 1 aliphatic rings. The van der Waals surface area contributed by atoms with Gasteiger partial charge in [0.1, 0.15) is 0 Å². The third-order valence-corrected chi connectivity index (χ3v) is 5.02. The average molecular weight is 319 g/mol. The van der Waals surface area contributed by atoms with E-state index in [4.69, 9.17) is 0 Å². The van der Waals surface area contributed by atoms with Gasteiger partial charge in [-0.15, -0.1) is 0 Å². The van der Waals surface area contributed by atoms with E-state index in [0.717, 1.165) is 5.69 Å². The van der Waals surface area contributed by atoms with Crippen LogP contribution in [0.3, 0.4) is 0 Å². The largest absolute Gasteiger partial charge is 0.311 e. The van der Waals surface area contributed by atoms with Crippen molar-refractivity contribution in [3.05, 3.63) is 29.3 Å². The number of thioether (sulfide) groups is 1. The molecule has 0 N–H and O–H groups in total. The summed E-state index contributed by atoms with van der Waals surface area (Å²) in [6.07, 6.45) is 0.453. The molecule has 1 aromatic rings. The molecule has 1 amide bonds. The highest BCUT2D eigenvalue weighted by Crippen LogP contribution is 2.38. The van der Waals surface area contributed by atoms with Crippen molar-refractivity contribution in [2.75, 3.05) is 11.4 Å². The van der Waals surface area contributed by atoms with Gasteiger partial charge in [-0.25, -0.2) is 0 Å². The van der Waals surface area contributed by atoms with Crippen LogP contribution in [0.1, 0.15) is 64.0 Å². The molecule has 1 fully saturated rings. The summed E-state index contributed by atoms with van der Waals surface area (Å²) in [5.41, 5.74) is 3.50. The molecule has 0 aliphatic carbocycles. The summed E-state index contributed by atoms with van der Waals surface area (Å²) in [5.74, 6) is 0.857. The second kappa shape index (κ2) is 6.86. The fraction of sp³-hybridized carbons (Fsp3) is 0.556. The quantitative estimate of drug-likeness (QED) is 0.829. The molecule has 1 aliphatic heterocycles. The Bertz CT molecular complexity index is 554. The SMILES string of the molecule is CC(=O)SC1CC(=O)N(c2c(C(C)C)cccc2C(C)C)C1. The zero-order valence-corrected chi connectivity index (χ0v) is 14.9. The number of benzene rings is 1. The summed E-state index contributed by atoms with van der Waals surface area (Å²) in [5, 5.41) is 0.158. The van der Waals surface area contributed by atoms with Gasteiger partial charge in [-0.2, -0.15) is 0 Å². The monoisotopic (exact) mass is 319 g/mol. The number of carbonyl (C=O) groups is 2. The van der Waals surface area contributed by atoms with E-state index in [-0.39, 0.29) is 16.3 Å². The third-order valence-electron chi connectivity index (χ3n) is 4.03. The highest BCUT2D eigenvalue weighted by Gasteiger charge is 2.34. The van der Waals surface area contributed by atoms with E-state index in [1.165, 1.54) is 22.9 Å². The van der Waals surface area contributed by atoms with Gasteiger partial charge in [0.25, 0.3) is 0 Å². The van der Waals surface area contributed by atoms with E-state index in [0.29, 0.717) is 24.8 Å². The Balaban J connectivity index is 2.42. The van der Waals surface area contributed by atoms with Crippen LogP contribution < -0.4 is 4.90 Å². The van der Waals surface area contributed by atoms with Crippen LogP contribution in [0, 0.1) is 0 Å². The van der Waals surface area contributed by atoms with Crippen molar-refractivity contribution in [3.8, 4) is 0 Å². The lowest BCUT2D eigenvalue weighted by Gasteiger charge is -2.27. The number of hydrogen-bond acceptors (Lipinski definition) is 3. The lowest BCUT2D eigenvalue weighted by Crippen LogP contribution is -2.28. The molecule has 1 heterocycles. The molecule has 0 radical (unpaired) electrons. The molecule has 0 saturated carbocycles. The topological polar surface area (TPSA) is 37.4 Å². The molecule has 1 unspecified atom stereocenters. The second-order valence-corrected chi connectivity index (χ2v) is 8.01.